The Bertz CT molecular complexity index is 675. The van der Waals surface area contributed by atoms with Gasteiger partial charge in [-0.3, -0.25) is 14.1 Å². The van der Waals surface area contributed by atoms with E-state index in [1.165, 1.54) is 0 Å². The lowest BCUT2D eigenvalue weighted by Crippen LogP contribution is -2.76. The summed E-state index contributed by atoms with van der Waals surface area (Å²) in [6.45, 7) is 1.24. The molecule has 1 fully saturated rings. The molecular formula is C13H16N2O6S. The lowest BCUT2D eigenvalue weighted by Gasteiger charge is -2.45. The maximum atomic E-state index is 12.0. The molecule has 1 heterocycles. The van der Waals surface area contributed by atoms with Gasteiger partial charge < -0.3 is 10.1 Å². The zero-order valence-electron chi connectivity index (χ0n) is 11.9. The van der Waals surface area contributed by atoms with E-state index in [9.17, 15) is 18.0 Å². The number of carbonyl (C=O) groups is 2. The quantitative estimate of drug-likeness (QED) is 0.422. The lowest BCUT2D eigenvalue weighted by atomic mass is 10.0. The molecule has 0 saturated carbocycles. The van der Waals surface area contributed by atoms with Gasteiger partial charge in [0, 0.05) is 6.61 Å². The largest absolute Gasteiger partial charge is 0.362 e. The predicted molar refractivity (Wildman–Crippen MR) is 75.9 cm³/mol. The summed E-state index contributed by atoms with van der Waals surface area (Å²) in [5.74, 6) is -1.50. The Morgan fingerprint density at radius 3 is 2.55 bits per heavy atom. The average molecular weight is 328 g/mol. The van der Waals surface area contributed by atoms with Crippen molar-refractivity contribution in [1.82, 2.24) is 9.62 Å². The molecule has 0 aliphatic carbocycles. The van der Waals surface area contributed by atoms with Gasteiger partial charge in [-0.2, -0.15) is 8.42 Å². The van der Waals surface area contributed by atoms with Crippen LogP contribution in [0.4, 0.5) is 0 Å². The molecule has 8 nitrogen and oxygen atoms in total. The van der Waals surface area contributed by atoms with Crippen LogP contribution in [0.3, 0.4) is 0 Å². The van der Waals surface area contributed by atoms with Crippen molar-refractivity contribution in [3.63, 3.8) is 0 Å². The minimum absolute atomic E-state index is 0.0226. The fourth-order valence-corrected chi connectivity index (χ4v) is 2.87. The summed E-state index contributed by atoms with van der Waals surface area (Å²) in [5.41, 5.74) is -0.999. The first-order chi connectivity index (χ1) is 10.3. The minimum Gasteiger partial charge on any atom is -0.346 e. The number of hydrogen-bond donors (Lipinski definition) is 2. The normalized spacial score (nSPS) is 21.4. The van der Waals surface area contributed by atoms with Gasteiger partial charge in [0.15, 0.2) is 0 Å². The van der Waals surface area contributed by atoms with Gasteiger partial charge in [0.25, 0.3) is 5.91 Å². The van der Waals surface area contributed by atoms with Crippen LogP contribution >= 0.6 is 0 Å². The van der Waals surface area contributed by atoms with Crippen LogP contribution in [0.25, 0.3) is 0 Å². The van der Waals surface area contributed by atoms with Crippen molar-refractivity contribution < 1.29 is 27.3 Å². The van der Waals surface area contributed by atoms with Gasteiger partial charge in [0.1, 0.15) is 0 Å². The third-order valence-corrected chi connectivity index (χ3v) is 4.01. The molecule has 0 bridgehead atoms. The Balaban J connectivity index is 2.07. The number of nitrogens with one attached hydrogen (secondary N) is 1. The molecule has 2 rings (SSSR count). The SMILES string of the molecule is CCOC1(NC(=O)Cc2ccccc2)CN(S(=O)(=O)O)C1=O. The molecule has 1 saturated heterocycles. The molecule has 0 radical (unpaired) electrons. The van der Waals surface area contributed by atoms with Gasteiger partial charge in [0.05, 0.1) is 13.0 Å². The zero-order valence-corrected chi connectivity index (χ0v) is 12.7. The molecule has 1 aromatic rings. The summed E-state index contributed by atoms with van der Waals surface area (Å²) in [5, 5.41) is 2.40. The lowest BCUT2D eigenvalue weighted by molar-refractivity contribution is -0.184. The van der Waals surface area contributed by atoms with Gasteiger partial charge in [-0.15, -0.1) is 0 Å². The summed E-state index contributed by atoms with van der Waals surface area (Å²) < 4.78 is 36.3. The molecule has 9 heteroatoms. The summed E-state index contributed by atoms with van der Waals surface area (Å²) in [6, 6.07) is 8.85. The maximum Gasteiger partial charge on any atom is 0.362 e. The topological polar surface area (TPSA) is 113 Å². The van der Waals surface area contributed by atoms with Crippen molar-refractivity contribution in [2.24, 2.45) is 0 Å². The molecule has 2 N–H and O–H groups in total. The average Bonchev–Trinajstić information content (AvgIpc) is 2.44. The fraction of sp³-hybridized carbons (Fsp3) is 0.385. The number of hydrogen-bond acceptors (Lipinski definition) is 5. The van der Waals surface area contributed by atoms with Crippen molar-refractivity contribution in [3.05, 3.63) is 35.9 Å². The van der Waals surface area contributed by atoms with Crippen molar-refractivity contribution in [1.29, 1.82) is 0 Å². The van der Waals surface area contributed by atoms with Crippen LogP contribution in [0, 0.1) is 0 Å². The summed E-state index contributed by atoms with van der Waals surface area (Å²) in [4.78, 5) is 24.0. The second-order valence-corrected chi connectivity index (χ2v) is 6.10. The van der Waals surface area contributed by atoms with Crippen molar-refractivity contribution in [3.8, 4) is 0 Å². The number of ether oxygens (including phenoxy) is 1. The number of carbonyl (C=O) groups excluding carboxylic acids is 2. The number of β-lactam (4-membered cyclic amide) rings is 1. The smallest absolute Gasteiger partial charge is 0.346 e. The van der Waals surface area contributed by atoms with E-state index < -0.39 is 34.4 Å². The molecule has 1 atom stereocenters. The van der Waals surface area contributed by atoms with Crippen LogP contribution < -0.4 is 5.32 Å². The van der Waals surface area contributed by atoms with E-state index in [0.29, 0.717) is 0 Å². The highest BCUT2D eigenvalue weighted by atomic mass is 32.2. The van der Waals surface area contributed by atoms with Gasteiger partial charge >= 0.3 is 10.3 Å². The van der Waals surface area contributed by atoms with Crippen LogP contribution in [0.5, 0.6) is 0 Å². The first-order valence-corrected chi connectivity index (χ1v) is 7.96. The second kappa shape index (κ2) is 6.03. The molecule has 22 heavy (non-hydrogen) atoms. The predicted octanol–water partition coefficient (Wildman–Crippen LogP) is -0.277. The van der Waals surface area contributed by atoms with Gasteiger partial charge in [-0.25, -0.2) is 4.31 Å². The first kappa shape index (κ1) is 16.4. The Hall–Kier alpha value is -1.97. The van der Waals surface area contributed by atoms with Gasteiger partial charge in [-0.05, 0) is 12.5 Å². The molecule has 1 unspecified atom stereocenters. The molecular weight excluding hydrogens is 312 g/mol. The van der Waals surface area contributed by atoms with E-state index in [-0.39, 0.29) is 17.3 Å². The van der Waals surface area contributed by atoms with Crippen LogP contribution in [0.2, 0.25) is 0 Å². The number of amides is 2. The van der Waals surface area contributed by atoms with Crippen molar-refractivity contribution >= 4 is 22.1 Å². The monoisotopic (exact) mass is 328 g/mol. The molecule has 0 spiro atoms. The van der Waals surface area contributed by atoms with Gasteiger partial charge in [-0.1, -0.05) is 30.3 Å². The molecule has 120 valence electrons. The van der Waals surface area contributed by atoms with Crippen LogP contribution in [-0.4, -0.2) is 48.0 Å². The Kier molecular flexibility index (Phi) is 4.50. The fourth-order valence-electron chi connectivity index (χ4n) is 2.17. The minimum atomic E-state index is -4.65. The Morgan fingerprint density at radius 1 is 1.41 bits per heavy atom. The van der Waals surface area contributed by atoms with E-state index >= 15 is 0 Å². The van der Waals surface area contributed by atoms with Crippen LogP contribution in [0.1, 0.15) is 12.5 Å². The van der Waals surface area contributed by atoms with Crippen molar-refractivity contribution in [2.75, 3.05) is 13.2 Å². The third-order valence-electron chi connectivity index (χ3n) is 3.16. The highest BCUT2D eigenvalue weighted by Gasteiger charge is 2.59. The Labute approximate surface area is 127 Å². The van der Waals surface area contributed by atoms with Crippen LogP contribution in [-0.2, 0) is 31.1 Å². The highest BCUT2D eigenvalue weighted by molar-refractivity contribution is 7.84. The van der Waals surface area contributed by atoms with Crippen molar-refractivity contribution in [2.45, 2.75) is 19.1 Å². The molecule has 1 aliphatic rings. The summed E-state index contributed by atoms with van der Waals surface area (Å²) >= 11 is 0. The third kappa shape index (κ3) is 3.26. The second-order valence-electron chi connectivity index (χ2n) is 4.76. The molecule has 1 aromatic carbocycles. The summed E-state index contributed by atoms with van der Waals surface area (Å²) in [7, 11) is -4.65. The van der Waals surface area contributed by atoms with Crippen LogP contribution in [0.15, 0.2) is 30.3 Å². The van der Waals surface area contributed by atoms with E-state index in [1.54, 1.807) is 31.2 Å². The number of benzene rings is 1. The van der Waals surface area contributed by atoms with E-state index in [2.05, 4.69) is 5.32 Å². The molecule has 2 amide bonds. The zero-order chi connectivity index (χ0) is 16.4. The van der Waals surface area contributed by atoms with E-state index in [0.717, 1.165) is 5.56 Å². The molecule has 1 aliphatic heterocycles. The molecule has 0 aromatic heterocycles. The standard InChI is InChI=1S/C13H16N2O6S/c1-2-21-13(9-15(12(13)17)22(18,19)20)14-11(16)8-10-6-4-3-5-7-10/h3-7H,2,8-9H2,1H3,(H,14,16)(H,18,19,20). The van der Waals surface area contributed by atoms with E-state index in [1.807, 2.05) is 6.07 Å². The number of nitrogens with zero attached hydrogens (tertiary/aromatic N) is 1. The Morgan fingerprint density at radius 2 is 2.05 bits per heavy atom. The van der Waals surface area contributed by atoms with E-state index in [4.69, 9.17) is 9.29 Å². The van der Waals surface area contributed by atoms with Gasteiger partial charge in [0.2, 0.25) is 11.6 Å². The maximum absolute atomic E-state index is 12.0. The first-order valence-electron chi connectivity index (χ1n) is 6.57. The highest BCUT2D eigenvalue weighted by Crippen LogP contribution is 2.27. The summed E-state index contributed by atoms with van der Waals surface area (Å²) in [6.07, 6.45) is 0.0226. The number of rotatable bonds is 6.